The van der Waals surface area contributed by atoms with Crippen LogP contribution in [0.25, 0.3) is 0 Å². The Kier molecular flexibility index (Phi) is 3.40. The molecule has 0 aliphatic carbocycles. The first-order valence-corrected chi connectivity index (χ1v) is 5.63. The highest BCUT2D eigenvalue weighted by atomic mass is 16.5. The van der Waals surface area contributed by atoms with Crippen molar-refractivity contribution in [2.75, 3.05) is 13.7 Å². The van der Waals surface area contributed by atoms with E-state index < -0.39 is 6.03 Å². The number of hydrogen-bond acceptors (Lipinski definition) is 5. The molecule has 1 aliphatic heterocycles. The zero-order valence-corrected chi connectivity index (χ0v) is 10.3. The molecule has 7 nitrogen and oxygen atoms in total. The summed E-state index contributed by atoms with van der Waals surface area (Å²) in [4.78, 5) is 11.0. The van der Waals surface area contributed by atoms with Crippen LogP contribution < -0.4 is 10.5 Å². The summed E-state index contributed by atoms with van der Waals surface area (Å²) < 4.78 is 4.95. The Morgan fingerprint density at radius 2 is 2.28 bits per heavy atom. The Morgan fingerprint density at radius 3 is 2.78 bits per heavy atom. The smallest absolute Gasteiger partial charge is 0.335 e. The van der Waals surface area contributed by atoms with Gasteiger partial charge in [-0.15, -0.1) is 5.10 Å². The monoisotopic (exact) mass is 249 g/mol. The minimum absolute atomic E-state index is 0.00718. The van der Waals surface area contributed by atoms with E-state index in [0.717, 1.165) is 11.4 Å². The van der Waals surface area contributed by atoms with Crippen molar-refractivity contribution in [1.82, 2.24) is 15.2 Å². The van der Waals surface area contributed by atoms with E-state index in [0.29, 0.717) is 18.8 Å². The second-order valence-electron chi connectivity index (χ2n) is 4.02. The minimum Gasteiger partial charge on any atom is -0.480 e. The number of methoxy groups -OCH3 is 1. The first-order valence-electron chi connectivity index (χ1n) is 5.63. The van der Waals surface area contributed by atoms with E-state index in [4.69, 9.17) is 10.5 Å². The molecule has 0 radical (unpaired) electrons. The summed E-state index contributed by atoms with van der Waals surface area (Å²) in [5, 5.41) is 13.4. The number of hydrogen-bond donors (Lipinski definition) is 1. The van der Waals surface area contributed by atoms with Gasteiger partial charge in [-0.25, -0.2) is 9.80 Å². The molecule has 0 saturated carbocycles. The van der Waals surface area contributed by atoms with Gasteiger partial charge in [-0.3, -0.25) is 0 Å². The number of nitrogens with two attached hydrogens (primary N) is 1. The van der Waals surface area contributed by atoms with Gasteiger partial charge in [0.25, 0.3) is 0 Å². The topological polar surface area (TPSA) is 93.7 Å². The molecule has 1 aromatic rings. The van der Waals surface area contributed by atoms with Gasteiger partial charge < -0.3 is 10.5 Å². The maximum atomic E-state index is 11.0. The lowest BCUT2D eigenvalue weighted by atomic mass is 10.00. The van der Waals surface area contributed by atoms with Crippen molar-refractivity contribution < 1.29 is 9.53 Å². The molecule has 2 rings (SSSR count). The number of amides is 2. The van der Waals surface area contributed by atoms with Crippen LogP contribution >= 0.6 is 0 Å². The molecule has 0 spiro atoms. The average Bonchev–Trinajstić information content (AvgIpc) is 2.88. The fraction of sp³-hybridized carbons (Fsp3) is 0.455. The molecule has 1 aromatic heterocycles. The third-order valence-electron chi connectivity index (χ3n) is 2.90. The van der Waals surface area contributed by atoms with Crippen LogP contribution in [-0.2, 0) is 0 Å². The van der Waals surface area contributed by atoms with Gasteiger partial charge in [0.1, 0.15) is 0 Å². The van der Waals surface area contributed by atoms with E-state index in [1.807, 2.05) is 13.0 Å². The maximum Gasteiger partial charge on any atom is 0.335 e. The first-order chi connectivity index (χ1) is 8.61. The van der Waals surface area contributed by atoms with Gasteiger partial charge in [0, 0.05) is 24.1 Å². The first kappa shape index (κ1) is 12.3. The molecule has 18 heavy (non-hydrogen) atoms. The van der Waals surface area contributed by atoms with E-state index in [1.165, 1.54) is 5.01 Å². The predicted octanol–water partition coefficient (Wildman–Crippen LogP) is 0.729. The Hall–Kier alpha value is -2.18. The van der Waals surface area contributed by atoms with Gasteiger partial charge in [-0.05, 0) is 6.07 Å². The van der Waals surface area contributed by atoms with Crippen molar-refractivity contribution >= 4 is 11.7 Å². The largest absolute Gasteiger partial charge is 0.480 e. The van der Waals surface area contributed by atoms with Crippen molar-refractivity contribution in [2.24, 2.45) is 10.8 Å². The van der Waals surface area contributed by atoms with Crippen molar-refractivity contribution in [3.05, 3.63) is 17.8 Å². The van der Waals surface area contributed by atoms with Crippen molar-refractivity contribution in [2.45, 2.75) is 19.3 Å². The van der Waals surface area contributed by atoms with Crippen LogP contribution in [0.5, 0.6) is 5.88 Å². The van der Waals surface area contributed by atoms with Gasteiger partial charge in [-0.1, -0.05) is 6.92 Å². The highest BCUT2D eigenvalue weighted by molar-refractivity contribution is 5.93. The van der Waals surface area contributed by atoms with Gasteiger partial charge in [0.15, 0.2) is 0 Å². The number of ether oxygens (including phenoxy) is 1. The van der Waals surface area contributed by atoms with Crippen LogP contribution in [0.2, 0.25) is 0 Å². The van der Waals surface area contributed by atoms with Crippen LogP contribution in [0.4, 0.5) is 4.79 Å². The number of urea groups is 1. The number of hydrazone groups is 1. The normalized spacial score (nSPS) is 16.3. The lowest BCUT2D eigenvalue weighted by Crippen LogP contribution is -2.29. The predicted molar refractivity (Wildman–Crippen MR) is 65.3 cm³/mol. The molecule has 2 heterocycles. The van der Waals surface area contributed by atoms with Crippen LogP contribution in [-0.4, -0.2) is 40.6 Å². The number of carbonyl (C=O) groups is 1. The molecule has 0 fully saturated rings. The lowest BCUT2D eigenvalue weighted by molar-refractivity contribution is 0.215. The SMILES string of the molecule is COc1ccc([C@@H](C)C2=NN(C(N)=O)CC2)nn1. The summed E-state index contributed by atoms with van der Waals surface area (Å²) in [6, 6.07) is 3.06. The lowest BCUT2D eigenvalue weighted by Gasteiger charge is -2.09. The second-order valence-corrected chi connectivity index (χ2v) is 4.02. The van der Waals surface area contributed by atoms with E-state index in [-0.39, 0.29) is 5.92 Å². The third kappa shape index (κ3) is 2.39. The number of carbonyl (C=O) groups excluding carboxylic acids is 1. The minimum atomic E-state index is -0.530. The van der Waals surface area contributed by atoms with Gasteiger partial charge >= 0.3 is 6.03 Å². The summed E-state index contributed by atoms with van der Waals surface area (Å²) in [7, 11) is 1.54. The van der Waals surface area contributed by atoms with Crippen LogP contribution in [0, 0.1) is 0 Å². The van der Waals surface area contributed by atoms with Crippen LogP contribution in [0.3, 0.4) is 0 Å². The maximum absolute atomic E-state index is 11.0. The molecule has 1 aliphatic rings. The Morgan fingerprint density at radius 1 is 1.50 bits per heavy atom. The fourth-order valence-corrected chi connectivity index (χ4v) is 1.78. The highest BCUT2D eigenvalue weighted by Gasteiger charge is 2.24. The molecule has 2 amide bonds. The molecule has 0 unspecified atom stereocenters. The van der Waals surface area contributed by atoms with Gasteiger partial charge in [-0.2, -0.15) is 10.2 Å². The fourth-order valence-electron chi connectivity index (χ4n) is 1.78. The van der Waals surface area contributed by atoms with Crippen molar-refractivity contribution in [1.29, 1.82) is 0 Å². The molecule has 0 bridgehead atoms. The molecule has 1 atom stereocenters. The quantitative estimate of drug-likeness (QED) is 0.854. The zero-order valence-electron chi connectivity index (χ0n) is 10.3. The summed E-state index contributed by atoms with van der Waals surface area (Å²) in [6.07, 6.45) is 0.706. The number of rotatable bonds is 3. The molecule has 96 valence electrons. The summed E-state index contributed by atoms with van der Waals surface area (Å²) in [5.74, 6) is 0.478. The third-order valence-corrected chi connectivity index (χ3v) is 2.90. The standard InChI is InChI=1S/C11H15N5O2/c1-7(8-3-4-10(18-2)14-13-8)9-5-6-16(15-9)11(12)17/h3-4,7H,5-6H2,1-2H3,(H2,12,17)/t7-/m1/s1. The molecular weight excluding hydrogens is 234 g/mol. The Balaban J connectivity index is 2.13. The average molecular weight is 249 g/mol. The zero-order chi connectivity index (χ0) is 13.1. The summed E-state index contributed by atoms with van der Waals surface area (Å²) >= 11 is 0. The molecule has 7 heteroatoms. The number of primary amides is 1. The van der Waals surface area contributed by atoms with E-state index in [9.17, 15) is 4.79 Å². The molecule has 2 N–H and O–H groups in total. The van der Waals surface area contributed by atoms with Crippen molar-refractivity contribution in [3.8, 4) is 5.88 Å². The van der Waals surface area contributed by atoms with Crippen LogP contribution in [0.15, 0.2) is 17.2 Å². The molecule has 0 aromatic carbocycles. The van der Waals surface area contributed by atoms with E-state index in [2.05, 4.69) is 15.3 Å². The van der Waals surface area contributed by atoms with Gasteiger partial charge in [0.05, 0.1) is 19.3 Å². The Bertz CT molecular complexity index is 471. The summed E-state index contributed by atoms with van der Waals surface area (Å²) in [5.41, 5.74) is 6.85. The second kappa shape index (κ2) is 4.99. The van der Waals surface area contributed by atoms with Crippen molar-refractivity contribution in [3.63, 3.8) is 0 Å². The van der Waals surface area contributed by atoms with E-state index in [1.54, 1.807) is 13.2 Å². The number of aromatic nitrogens is 2. The number of nitrogens with zero attached hydrogens (tertiary/aromatic N) is 4. The summed E-state index contributed by atoms with van der Waals surface area (Å²) in [6.45, 7) is 2.50. The highest BCUT2D eigenvalue weighted by Crippen LogP contribution is 2.21. The van der Waals surface area contributed by atoms with Crippen LogP contribution in [0.1, 0.15) is 25.0 Å². The Labute approximate surface area is 105 Å². The van der Waals surface area contributed by atoms with E-state index >= 15 is 0 Å². The molecular formula is C11H15N5O2. The molecule has 0 saturated heterocycles. The van der Waals surface area contributed by atoms with Gasteiger partial charge in [0.2, 0.25) is 5.88 Å².